The van der Waals surface area contributed by atoms with Crippen molar-refractivity contribution in [3.8, 4) is 0 Å². The molecule has 2 atom stereocenters. The molecule has 0 saturated carbocycles. The molecule has 9 aromatic rings. The molecule has 0 radical (unpaired) electrons. The zero-order valence-electron chi connectivity index (χ0n) is 34.4. The topological polar surface area (TPSA) is 107 Å². The van der Waals surface area contributed by atoms with E-state index in [9.17, 15) is 4.79 Å². The summed E-state index contributed by atoms with van der Waals surface area (Å²) < 4.78 is 0. The fourth-order valence-electron chi connectivity index (χ4n) is 6.33. The summed E-state index contributed by atoms with van der Waals surface area (Å²) in [4.78, 5) is 27.0. The van der Waals surface area contributed by atoms with E-state index in [2.05, 4.69) is 178 Å². The number of nitrogens with one attached hydrogen (secondary N) is 4. The van der Waals surface area contributed by atoms with Crippen LogP contribution < -0.4 is 21.3 Å². The highest BCUT2D eigenvalue weighted by atomic mass is 32.1. The van der Waals surface area contributed by atoms with Crippen molar-refractivity contribution in [1.29, 1.82) is 0 Å². The van der Waals surface area contributed by atoms with Crippen LogP contribution >= 0.6 is 34.0 Å². The average molecular weight is 849 g/mol. The van der Waals surface area contributed by atoms with E-state index < -0.39 is 0 Å². The number of nitrogens with zero attached hydrogens (tertiary/aromatic N) is 4. The molecule has 6 aromatic carbocycles. The van der Waals surface area contributed by atoms with Crippen LogP contribution in [0.15, 0.2) is 144 Å². The molecular weight excluding hydrogens is 801 g/mol. The van der Waals surface area contributed by atoms with E-state index in [0.717, 1.165) is 49.2 Å². The molecule has 0 amide bonds. The maximum Gasteiger partial charge on any atom is 0.187 e. The first kappa shape index (κ1) is 42.1. The van der Waals surface area contributed by atoms with E-state index in [-0.39, 0.29) is 11.8 Å². The summed E-state index contributed by atoms with van der Waals surface area (Å²) in [6, 6.07) is 44.2. The fraction of sp³-hybridized carbons (Fsp3) is 0.167. The third-order valence-electron chi connectivity index (χ3n) is 10.1. The lowest BCUT2D eigenvalue weighted by atomic mass is 10.1. The molecule has 0 bridgehead atoms. The number of rotatable bonds is 11. The van der Waals surface area contributed by atoms with Gasteiger partial charge in [0.25, 0.3) is 0 Å². The van der Waals surface area contributed by atoms with Crippen LogP contribution in [0.25, 0.3) is 32.3 Å². The van der Waals surface area contributed by atoms with Crippen molar-refractivity contribution >= 4 is 105 Å². The molecule has 3 aromatic heterocycles. The number of hydrogen-bond acceptors (Lipinski definition) is 12. The summed E-state index contributed by atoms with van der Waals surface area (Å²) in [5.74, 6) is -0.0118. The van der Waals surface area contributed by atoms with Crippen LogP contribution in [0, 0.1) is 0 Å². The van der Waals surface area contributed by atoms with Crippen molar-refractivity contribution in [2.45, 2.75) is 32.9 Å². The first-order chi connectivity index (χ1) is 29.2. The number of aromatic nitrogens is 3. The first-order valence-corrected chi connectivity index (χ1v) is 22.3. The predicted octanol–water partition coefficient (Wildman–Crippen LogP) is 13.2. The Labute approximate surface area is 363 Å². The Morgan fingerprint density at radius 1 is 0.533 bits per heavy atom. The minimum absolute atomic E-state index is 0.0118. The highest BCUT2D eigenvalue weighted by molar-refractivity contribution is 7.14. The number of thiazole rings is 3. The SMILES string of the molecule is CC(=O)c1csc(Nc2cccc3ccccc23)n1.CC(c1csc(Nc2cccc3ccccc23)n1)N(C)C.CNC(C)c1csc(Nc2cccc3ccccc23)n1. The predicted molar refractivity (Wildman–Crippen MR) is 258 cm³/mol. The van der Waals surface area contributed by atoms with Gasteiger partial charge in [0.15, 0.2) is 21.2 Å². The summed E-state index contributed by atoms with van der Waals surface area (Å²) in [7, 11) is 6.09. The Balaban J connectivity index is 0.000000136. The standard InChI is InChI=1S/C17H19N3S.C16H17N3S.C15H12N2OS/c1-12(20(2)3)16-11-21-17(19-16)18-15-10-6-8-13-7-4-5-9-14(13)15;1-11(17-2)15-10-20-16(19-15)18-14-9-5-7-12-6-3-4-8-13(12)14;1-10(18)14-9-19-15(17-14)16-13-8-4-6-11-5-2-3-7-12(11)13/h4-12H,1-3H3,(H,18,19);3-11,17H,1-2H3,(H,18,19);2-9H,1H3,(H,16,17). The normalized spacial score (nSPS) is 12.0. The lowest BCUT2D eigenvalue weighted by molar-refractivity contribution is 0.101. The average Bonchev–Trinajstić information content (AvgIpc) is 4.07. The minimum atomic E-state index is -0.0118. The van der Waals surface area contributed by atoms with Crippen LogP contribution in [-0.4, -0.2) is 46.8 Å². The number of anilines is 6. The molecule has 12 heteroatoms. The molecule has 9 rings (SSSR count). The van der Waals surface area contributed by atoms with Gasteiger partial charge in [-0.25, -0.2) is 15.0 Å². The smallest absolute Gasteiger partial charge is 0.187 e. The van der Waals surface area contributed by atoms with Gasteiger partial charge in [-0.2, -0.15) is 0 Å². The zero-order valence-corrected chi connectivity index (χ0v) is 36.9. The molecule has 0 saturated heterocycles. The number of benzene rings is 6. The third-order valence-corrected chi connectivity index (χ3v) is 12.4. The Hall–Kier alpha value is -6.02. The van der Waals surface area contributed by atoms with E-state index in [1.54, 1.807) is 28.1 Å². The Morgan fingerprint density at radius 3 is 1.33 bits per heavy atom. The van der Waals surface area contributed by atoms with Crippen molar-refractivity contribution in [2.75, 3.05) is 37.1 Å². The summed E-state index contributed by atoms with van der Waals surface area (Å²) in [6.45, 7) is 5.80. The zero-order chi connectivity index (χ0) is 42.0. The maximum absolute atomic E-state index is 11.2. The Bertz CT molecular complexity index is 2810. The molecule has 304 valence electrons. The van der Waals surface area contributed by atoms with Crippen LogP contribution in [0.5, 0.6) is 0 Å². The highest BCUT2D eigenvalue weighted by Crippen LogP contribution is 2.32. The molecule has 2 unspecified atom stereocenters. The Kier molecular flexibility index (Phi) is 13.9. The van der Waals surface area contributed by atoms with E-state index in [4.69, 9.17) is 4.98 Å². The molecular formula is C48H48N8OS3. The number of carbonyl (C=O) groups excluding carboxylic acids is 1. The second kappa shape index (κ2) is 19.8. The van der Waals surface area contributed by atoms with E-state index >= 15 is 0 Å². The van der Waals surface area contributed by atoms with Crippen molar-refractivity contribution in [3.05, 3.63) is 161 Å². The lowest BCUT2D eigenvalue weighted by Crippen LogP contribution is -2.16. The van der Waals surface area contributed by atoms with Crippen molar-refractivity contribution in [2.24, 2.45) is 0 Å². The molecule has 4 N–H and O–H groups in total. The maximum atomic E-state index is 11.2. The van der Waals surface area contributed by atoms with Crippen LogP contribution in [-0.2, 0) is 0 Å². The van der Waals surface area contributed by atoms with Crippen molar-refractivity contribution in [3.63, 3.8) is 0 Å². The largest absolute Gasteiger partial charge is 0.331 e. The van der Waals surface area contributed by atoms with E-state index in [1.165, 1.54) is 45.2 Å². The van der Waals surface area contributed by atoms with Gasteiger partial charge >= 0.3 is 0 Å². The second-order valence-electron chi connectivity index (χ2n) is 14.4. The van der Waals surface area contributed by atoms with Crippen LogP contribution in [0.3, 0.4) is 0 Å². The lowest BCUT2D eigenvalue weighted by Gasteiger charge is -2.17. The van der Waals surface area contributed by atoms with Gasteiger partial charge in [-0.15, -0.1) is 34.0 Å². The quantitative estimate of drug-likeness (QED) is 0.0947. The first-order valence-electron chi connectivity index (χ1n) is 19.6. The van der Waals surface area contributed by atoms with Crippen molar-refractivity contribution < 1.29 is 4.79 Å². The third kappa shape index (κ3) is 10.4. The molecule has 60 heavy (non-hydrogen) atoms. The van der Waals surface area contributed by atoms with E-state index in [1.807, 2.05) is 31.3 Å². The van der Waals surface area contributed by atoms with Gasteiger partial charge in [0.2, 0.25) is 0 Å². The van der Waals surface area contributed by atoms with Gasteiger partial charge in [0.05, 0.1) is 11.4 Å². The highest BCUT2D eigenvalue weighted by Gasteiger charge is 2.13. The molecule has 9 nitrogen and oxygen atoms in total. The number of ketones is 1. The van der Waals surface area contributed by atoms with Crippen molar-refractivity contribution in [1.82, 2.24) is 25.2 Å². The summed E-state index contributed by atoms with van der Waals surface area (Å²) in [5, 5.41) is 29.2. The minimum Gasteiger partial charge on any atom is -0.331 e. The van der Waals surface area contributed by atoms with Crippen LogP contribution in [0.2, 0.25) is 0 Å². The summed E-state index contributed by atoms with van der Waals surface area (Å²) in [5.41, 5.74) is 5.89. The number of carbonyl (C=O) groups is 1. The van der Waals surface area contributed by atoms with Crippen LogP contribution in [0.1, 0.15) is 54.7 Å². The summed E-state index contributed by atoms with van der Waals surface area (Å²) in [6.07, 6.45) is 0. The van der Waals surface area contributed by atoms with Gasteiger partial charge in [-0.3, -0.25) is 4.79 Å². The fourth-order valence-corrected chi connectivity index (χ4v) is 8.72. The molecule has 0 aliphatic heterocycles. The van der Waals surface area contributed by atoms with Gasteiger partial charge < -0.3 is 26.2 Å². The molecule has 0 fully saturated rings. The van der Waals surface area contributed by atoms with Gasteiger partial charge in [0.1, 0.15) is 5.69 Å². The summed E-state index contributed by atoms with van der Waals surface area (Å²) >= 11 is 4.72. The number of fused-ring (bicyclic) bond motifs is 3. The van der Waals surface area contributed by atoms with Gasteiger partial charge in [-0.1, -0.05) is 109 Å². The molecule has 0 aliphatic rings. The number of Topliss-reactive ketones (excluding diaryl/α,β-unsaturated/α-hetero) is 1. The number of hydrogen-bond donors (Lipinski definition) is 4. The van der Waals surface area contributed by atoms with Crippen LogP contribution in [0.4, 0.5) is 32.5 Å². The Morgan fingerprint density at radius 2 is 0.917 bits per heavy atom. The monoisotopic (exact) mass is 848 g/mol. The molecule has 3 heterocycles. The van der Waals surface area contributed by atoms with E-state index in [0.29, 0.717) is 11.7 Å². The van der Waals surface area contributed by atoms with Gasteiger partial charge in [-0.05, 0) is 69.3 Å². The van der Waals surface area contributed by atoms with Gasteiger partial charge in [0, 0.05) is 68.4 Å². The molecule has 0 aliphatic carbocycles. The second-order valence-corrected chi connectivity index (χ2v) is 16.9. The molecule has 0 spiro atoms.